The van der Waals surface area contributed by atoms with Crippen LogP contribution in [0.3, 0.4) is 0 Å². The van der Waals surface area contributed by atoms with Crippen molar-refractivity contribution >= 4 is 46.1 Å². The standard InChI is InChI=1S/C43H46N8O7/c1-4-18-50(38(53)23-44-27-52)25-37-46-34-17-15-32-21-31(14-16-33(32)40(34)48-37)28-10-12-29(13-11-28)35-22-45-36(47-35)24-51(26-43(2)57-19-20-58-43)41(54)39(49-42(55)56-3)30-8-6-5-7-9-30/h5-17,21-22,27,39H,4,18-20,23-26H2,1-3H3,(H,44,52)(H,45,47)(H,46,48)(H,49,55)/t39-/m1/s1. The molecular weight excluding hydrogens is 741 g/mol. The lowest BCUT2D eigenvalue weighted by Gasteiger charge is -2.33. The first-order valence-electron chi connectivity index (χ1n) is 19.1. The summed E-state index contributed by atoms with van der Waals surface area (Å²) in [5, 5.41) is 7.15. The summed E-state index contributed by atoms with van der Waals surface area (Å²) < 4.78 is 16.6. The van der Waals surface area contributed by atoms with Gasteiger partial charge in [0.1, 0.15) is 17.7 Å². The van der Waals surface area contributed by atoms with Crippen LogP contribution in [0.2, 0.25) is 0 Å². The maximum absolute atomic E-state index is 14.2. The van der Waals surface area contributed by atoms with E-state index in [4.69, 9.17) is 19.2 Å². The van der Waals surface area contributed by atoms with Gasteiger partial charge >= 0.3 is 6.09 Å². The van der Waals surface area contributed by atoms with Gasteiger partial charge in [-0.2, -0.15) is 0 Å². The van der Waals surface area contributed by atoms with Crippen LogP contribution in [-0.2, 0) is 41.7 Å². The molecule has 1 saturated heterocycles. The van der Waals surface area contributed by atoms with E-state index in [2.05, 4.69) is 62.0 Å². The van der Waals surface area contributed by atoms with Crippen LogP contribution in [0.1, 0.15) is 43.5 Å². The number of rotatable bonds is 16. The van der Waals surface area contributed by atoms with Crippen LogP contribution in [0.5, 0.6) is 0 Å². The number of hydrogen-bond donors (Lipinski definition) is 4. The van der Waals surface area contributed by atoms with E-state index < -0.39 is 17.9 Å². The van der Waals surface area contributed by atoms with Crippen LogP contribution in [0.15, 0.2) is 91.1 Å². The number of fused-ring (bicyclic) bond motifs is 3. The Hall–Kier alpha value is -6.58. The minimum absolute atomic E-state index is 0.0545. The van der Waals surface area contributed by atoms with Gasteiger partial charge in [0.15, 0.2) is 5.79 Å². The number of carbonyl (C=O) groups excluding carboxylic acids is 4. The number of nitrogens with zero attached hydrogens (tertiary/aromatic N) is 4. The normalized spacial score (nSPS) is 13.9. The summed E-state index contributed by atoms with van der Waals surface area (Å²) in [5.41, 5.74) is 6.05. The number of imidazole rings is 2. The van der Waals surface area contributed by atoms with Gasteiger partial charge in [-0.15, -0.1) is 0 Å². The summed E-state index contributed by atoms with van der Waals surface area (Å²) in [6.45, 7) is 5.61. The number of nitrogens with one attached hydrogen (secondary N) is 4. The van der Waals surface area contributed by atoms with Crippen molar-refractivity contribution < 1.29 is 33.4 Å². The van der Waals surface area contributed by atoms with Crippen LogP contribution in [0.4, 0.5) is 4.79 Å². The third kappa shape index (κ3) is 9.01. The average Bonchev–Trinajstić information content (AvgIpc) is 4.01. The number of methoxy groups -OCH3 is 1. The van der Waals surface area contributed by atoms with Crippen molar-refractivity contribution in [3.8, 4) is 22.4 Å². The van der Waals surface area contributed by atoms with E-state index in [1.165, 1.54) is 7.11 Å². The lowest BCUT2D eigenvalue weighted by molar-refractivity contribution is -0.168. The number of hydrogen-bond acceptors (Lipinski definition) is 9. The maximum Gasteiger partial charge on any atom is 0.407 e. The number of aromatic amines is 2. The van der Waals surface area contributed by atoms with Crippen molar-refractivity contribution in [3.63, 3.8) is 0 Å². The van der Waals surface area contributed by atoms with Gasteiger partial charge in [-0.25, -0.2) is 14.8 Å². The zero-order valence-electron chi connectivity index (χ0n) is 32.6. The summed E-state index contributed by atoms with van der Waals surface area (Å²) >= 11 is 0. The smallest absolute Gasteiger partial charge is 0.407 e. The molecule has 3 heterocycles. The van der Waals surface area contributed by atoms with Crippen molar-refractivity contribution in [2.75, 3.05) is 40.0 Å². The van der Waals surface area contributed by atoms with Crippen LogP contribution in [-0.4, -0.2) is 99.8 Å². The molecule has 1 aliphatic heterocycles. The molecule has 0 radical (unpaired) electrons. The van der Waals surface area contributed by atoms with E-state index in [-0.39, 0.29) is 31.4 Å². The van der Waals surface area contributed by atoms with E-state index >= 15 is 0 Å². The molecule has 0 aliphatic carbocycles. The molecule has 7 rings (SSSR count). The third-order valence-electron chi connectivity index (χ3n) is 10.1. The van der Waals surface area contributed by atoms with Crippen molar-refractivity contribution in [3.05, 3.63) is 108 Å². The summed E-state index contributed by atoms with van der Waals surface area (Å²) in [6.07, 6.45) is 2.31. The predicted molar refractivity (Wildman–Crippen MR) is 217 cm³/mol. The highest BCUT2D eigenvalue weighted by Crippen LogP contribution is 2.31. The summed E-state index contributed by atoms with van der Waals surface area (Å²) in [6, 6.07) is 26.4. The van der Waals surface area contributed by atoms with Crippen LogP contribution in [0.25, 0.3) is 44.2 Å². The Morgan fingerprint density at radius 1 is 0.914 bits per heavy atom. The Bertz CT molecular complexity index is 2390. The molecule has 0 spiro atoms. The first-order valence-corrected chi connectivity index (χ1v) is 19.1. The quantitative estimate of drug-likeness (QED) is 0.0928. The average molecular weight is 787 g/mol. The predicted octanol–water partition coefficient (Wildman–Crippen LogP) is 5.45. The maximum atomic E-state index is 14.2. The second-order valence-corrected chi connectivity index (χ2v) is 14.2. The molecular formula is C43H46N8O7. The van der Waals surface area contributed by atoms with Gasteiger partial charge < -0.3 is 44.6 Å². The zero-order chi connectivity index (χ0) is 40.6. The highest BCUT2D eigenvalue weighted by molar-refractivity contribution is 6.05. The fourth-order valence-electron chi connectivity index (χ4n) is 7.20. The number of alkyl carbamates (subject to hydrolysis) is 1. The molecule has 0 saturated carbocycles. The van der Waals surface area contributed by atoms with Gasteiger partial charge in [-0.1, -0.05) is 79.7 Å². The van der Waals surface area contributed by atoms with E-state index in [0.29, 0.717) is 49.9 Å². The van der Waals surface area contributed by atoms with Crippen LogP contribution < -0.4 is 10.6 Å². The zero-order valence-corrected chi connectivity index (χ0v) is 32.6. The van der Waals surface area contributed by atoms with Crippen LogP contribution in [0, 0.1) is 0 Å². The largest absolute Gasteiger partial charge is 0.453 e. The van der Waals surface area contributed by atoms with Crippen molar-refractivity contribution in [1.29, 1.82) is 0 Å². The van der Waals surface area contributed by atoms with Crippen molar-refractivity contribution in [2.24, 2.45) is 0 Å². The monoisotopic (exact) mass is 786 g/mol. The summed E-state index contributed by atoms with van der Waals surface area (Å²) in [5.74, 6) is -0.355. The molecule has 6 aromatic rings. The van der Waals surface area contributed by atoms with Crippen LogP contribution >= 0.6 is 0 Å². The first kappa shape index (κ1) is 39.6. The highest BCUT2D eigenvalue weighted by Gasteiger charge is 2.38. The van der Waals surface area contributed by atoms with Crippen molar-refractivity contribution in [2.45, 2.75) is 45.2 Å². The van der Waals surface area contributed by atoms with E-state index in [1.807, 2.05) is 31.2 Å². The van der Waals surface area contributed by atoms with E-state index in [0.717, 1.165) is 50.6 Å². The number of aromatic nitrogens is 4. The SMILES string of the molecule is CCCN(Cc1nc2c(ccc3cc(-c4ccc(-c5cnc(CN(CC6(C)OCCO6)C(=O)[C@H](NC(=O)OC)c6ccccc6)[nH]5)cc4)ccc32)[nH]1)C(=O)CNC=O. The lowest BCUT2D eigenvalue weighted by atomic mass is 9.99. The molecule has 2 aromatic heterocycles. The molecule has 0 bridgehead atoms. The lowest BCUT2D eigenvalue weighted by Crippen LogP contribution is -2.49. The molecule has 300 valence electrons. The topological polar surface area (TPSA) is 184 Å². The molecule has 4 amide bonds. The Balaban J connectivity index is 1.08. The van der Waals surface area contributed by atoms with Crippen molar-refractivity contribution in [1.82, 2.24) is 40.4 Å². The Morgan fingerprint density at radius 3 is 2.36 bits per heavy atom. The number of carbonyl (C=O) groups is 4. The minimum atomic E-state index is -1.03. The fraction of sp³-hybridized carbons (Fsp3) is 0.302. The minimum Gasteiger partial charge on any atom is -0.453 e. The number of ether oxygens (including phenoxy) is 3. The first-order chi connectivity index (χ1) is 28.2. The van der Waals surface area contributed by atoms with Gasteiger partial charge in [-0.05, 0) is 53.1 Å². The van der Waals surface area contributed by atoms with Gasteiger partial charge in [-0.3, -0.25) is 14.4 Å². The molecule has 1 fully saturated rings. The van der Waals surface area contributed by atoms with E-state index in [1.54, 1.807) is 47.2 Å². The number of amides is 4. The molecule has 0 unspecified atom stereocenters. The third-order valence-corrected chi connectivity index (χ3v) is 10.1. The van der Waals surface area contributed by atoms with Gasteiger partial charge in [0.25, 0.3) is 5.91 Å². The molecule has 15 nitrogen and oxygen atoms in total. The summed E-state index contributed by atoms with van der Waals surface area (Å²) in [4.78, 5) is 69.4. The molecule has 4 aromatic carbocycles. The second kappa shape index (κ2) is 17.7. The summed E-state index contributed by atoms with van der Waals surface area (Å²) in [7, 11) is 1.25. The molecule has 1 atom stereocenters. The van der Waals surface area contributed by atoms with E-state index in [9.17, 15) is 19.2 Å². The molecule has 15 heteroatoms. The highest BCUT2D eigenvalue weighted by atomic mass is 16.7. The Labute approximate surface area is 335 Å². The Morgan fingerprint density at radius 2 is 1.64 bits per heavy atom. The van der Waals surface area contributed by atoms with Gasteiger partial charge in [0, 0.05) is 11.9 Å². The second-order valence-electron chi connectivity index (χ2n) is 14.2. The Kier molecular flexibility index (Phi) is 12.1. The number of H-pyrrole nitrogens is 2. The molecule has 58 heavy (non-hydrogen) atoms. The molecule has 4 N–H and O–H groups in total. The fourth-order valence-corrected chi connectivity index (χ4v) is 7.20. The van der Waals surface area contributed by atoms with Gasteiger partial charge in [0.05, 0.1) is 69.4 Å². The van der Waals surface area contributed by atoms with Gasteiger partial charge in [0.2, 0.25) is 12.3 Å². The molecule has 1 aliphatic rings. The number of benzene rings is 4.